The standard InChI is InChI=1S/C19H14Cl3F2NO5S/c20-12-6-5-10(7-14(12)22)19(23,24)18(28)25-9-11(8-15(25)17(26)27)31(29,30)16-4-2-1-3-13(16)21/h1-7,11,15H,8-9H2,(H,26,27)/t11-,15+/m1/s1. The van der Waals surface area contributed by atoms with E-state index in [1.54, 1.807) is 0 Å². The fourth-order valence-electron chi connectivity index (χ4n) is 3.33. The molecule has 0 radical (unpaired) electrons. The van der Waals surface area contributed by atoms with Crippen LogP contribution in [0.4, 0.5) is 8.78 Å². The van der Waals surface area contributed by atoms with Crippen LogP contribution in [0, 0.1) is 0 Å². The molecule has 0 bridgehead atoms. The molecule has 1 amide bonds. The molecule has 2 aromatic carbocycles. The summed E-state index contributed by atoms with van der Waals surface area (Å²) < 4.78 is 55.7. The van der Waals surface area contributed by atoms with Gasteiger partial charge < -0.3 is 10.0 Å². The first-order valence-electron chi connectivity index (χ1n) is 8.73. The number of nitrogens with zero attached hydrogens (tertiary/aromatic N) is 1. The van der Waals surface area contributed by atoms with E-state index in [0.29, 0.717) is 4.90 Å². The maximum atomic E-state index is 14.9. The molecule has 12 heteroatoms. The Morgan fingerprint density at radius 1 is 1.03 bits per heavy atom. The van der Waals surface area contributed by atoms with Crippen LogP contribution in [0.2, 0.25) is 15.1 Å². The Morgan fingerprint density at radius 2 is 1.68 bits per heavy atom. The minimum Gasteiger partial charge on any atom is -0.480 e. The summed E-state index contributed by atoms with van der Waals surface area (Å²) in [7, 11) is -4.20. The lowest BCUT2D eigenvalue weighted by Gasteiger charge is -2.26. The smallest absolute Gasteiger partial charge is 0.350 e. The molecular formula is C19H14Cl3F2NO5S. The molecule has 1 fully saturated rings. The topological polar surface area (TPSA) is 91.8 Å². The van der Waals surface area contributed by atoms with Gasteiger partial charge in [-0.15, -0.1) is 0 Å². The van der Waals surface area contributed by atoms with Crippen LogP contribution < -0.4 is 0 Å². The van der Waals surface area contributed by atoms with Gasteiger partial charge in [-0.2, -0.15) is 8.78 Å². The average Bonchev–Trinajstić information content (AvgIpc) is 3.16. The van der Waals surface area contributed by atoms with Gasteiger partial charge in [-0.1, -0.05) is 53.0 Å². The number of carboxylic acid groups (broad SMARTS) is 1. The molecule has 0 spiro atoms. The van der Waals surface area contributed by atoms with Crippen molar-refractivity contribution < 1.29 is 31.9 Å². The van der Waals surface area contributed by atoms with Crippen LogP contribution in [0.1, 0.15) is 12.0 Å². The summed E-state index contributed by atoms with van der Waals surface area (Å²) in [4.78, 5) is 24.4. The number of rotatable bonds is 5. The monoisotopic (exact) mass is 511 g/mol. The molecule has 2 atom stereocenters. The maximum absolute atomic E-state index is 14.9. The number of alkyl halides is 2. The zero-order valence-corrected chi connectivity index (χ0v) is 18.5. The molecule has 1 saturated heterocycles. The lowest BCUT2D eigenvalue weighted by atomic mass is 10.1. The van der Waals surface area contributed by atoms with Crippen LogP contribution in [0.5, 0.6) is 0 Å². The molecule has 0 saturated carbocycles. The molecule has 1 aliphatic heterocycles. The van der Waals surface area contributed by atoms with Gasteiger partial charge in [-0.05, 0) is 30.7 Å². The Labute approximate surface area is 191 Å². The third kappa shape index (κ3) is 4.37. The Morgan fingerprint density at radius 3 is 2.26 bits per heavy atom. The summed E-state index contributed by atoms with van der Waals surface area (Å²) >= 11 is 17.4. The van der Waals surface area contributed by atoms with Gasteiger partial charge >= 0.3 is 11.9 Å². The highest BCUT2D eigenvalue weighted by Crippen LogP contribution is 2.38. The summed E-state index contributed by atoms with van der Waals surface area (Å²) in [6.45, 7) is -0.736. The van der Waals surface area contributed by atoms with Crippen molar-refractivity contribution in [2.75, 3.05) is 6.54 Å². The second kappa shape index (κ2) is 8.54. The molecule has 31 heavy (non-hydrogen) atoms. The van der Waals surface area contributed by atoms with E-state index in [-0.39, 0.29) is 20.0 Å². The second-order valence-electron chi connectivity index (χ2n) is 6.85. The third-order valence-corrected chi connectivity index (χ3v) is 8.31. The third-order valence-electron chi connectivity index (χ3n) is 4.94. The number of carbonyl (C=O) groups excluding carboxylic acids is 1. The molecule has 1 N–H and O–H groups in total. The van der Waals surface area contributed by atoms with Gasteiger partial charge in [0.25, 0.3) is 5.91 Å². The van der Waals surface area contributed by atoms with Crippen molar-refractivity contribution in [1.82, 2.24) is 4.90 Å². The van der Waals surface area contributed by atoms with Crippen LogP contribution in [-0.2, 0) is 25.3 Å². The molecule has 0 unspecified atom stereocenters. The van der Waals surface area contributed by atoms with Gasteiger partial charge in [0.2, 0.25) is 0 Å². The summed E-state index contributed by atoms with van der Waals surface area (Å²) in [6.07, 6.45) is -0.563. The highest BCUT2D eigenvalue weighted by atomic mass is 35.5. The van der Waals surface area contributed by atoms with Crippen molar-refractivity contribution in [2.45, 2.75) is 28.5 Å². The van der Waals surface area contributed by atoms with E-state index < -0.39 is 57.5 Å². The highest BCUT2D eigenvalue weighted by Gasteiger charge is 2.53. The lowest BCUT2D eigenvalue weighted by molar-refractivity contribution is -0.164. The number of aliphatic carboxylic acids is 1. The quantitative estimate of drug-likeness (QED) is 0.646. The minimum atomic E-state index is -4.20. The molecular weight excluding hydrogens is 499 g/mol. The number of amides is 1. The Balaban J connectivity index is 1.96. The maximum Gasteiger partial charge on any atom is 0.350 e. The molecule has 0 aromatic heterocycles. The summed E-state index contributed by atoms with van der Waals surface area (Å²) in [5.74, 6) is -7.62. The predicted octanol–water partition coefficient (Wildman–Crippen LogP) is 4.27. The number of halogens is 5. The second-order valence-corrected chi connectivity index (χ2v) is 10.3. The molecule has 166 valence electrons. The van der Waals surface area contributed by atoms with E-state index in [4.69, 9.17) is 34.8 Å². The van der Waals surface area contributed by atoms with Gasteiger partial charge in [-0.25, -0.2) is 13.2 Å². The first-order chi connectivity index (χ1) is 14.4. The van der Waals surface area contributed by atoms with Gasteiger partial charge in [0.05, 0.1) is 25.2 Å². The number of sulfone groups is 1. The number of carboxylic acids is 1. The van der Waals surface area contributed by atoms with Crippen molar-refractivity contribution in [3.8, 4) is 0 Å². The fourth-order valence-corrected chi connectivity index (χ4v) is 5.85. The molecule has 2 aromatic rings. The van der Waals surface area contributed by atoms with Crippen LogP contribution in [0.3, 0.4) is 0 Å². The fraction of sp³-hybridized carbons (Fsp3) is 0.263. The molecule has 3 rings (SSSR count). The largest absolute Gasteiger partial charge is 0.480 e. The van der Waals surface area contributed by atoms with Gasteiger partial charge in [0.15, 0.2) is 9.84 Å². The van der Waals surface area contributed by atoms with E-state index in [9.17, 15) is 31.9 Å². The number of carbonyl (C=O) groups is 2. The molecule has 0 aliphatic carbocycles. The lowest BCUT2D eigenvalue weighted by Crippen LogP contribution is -2.47. The van der Waals surface area contributed by atoms with Crippen molar-refractivity contribution in [3.05, 3.63) is 63.1 Å². The predicted molar refractivity (Wildman–Crippen MR) is 111 cm³/mol. The summed E-state index contributed by atoms with van der Waals surface area (Å²) in [6, 6.07) is 6.48. The van der Waals surface area contributed by atoms with Crippen molar-refractivity contribution >= 4 is 56.5 Å². The van der Waals surface area contributed by atoms with Crippen LogP contribution >= 0.6 is 34.8 Å². The van der Waals surface area contributed by atoms with Crippen molar-refractivity contribution in [2.24, 2.45) is 0 Å². The van der Waals surface area contributed by atoms with E-state index in [1.807, 2.05) is 0 Å². The Kier molecular flexibility index (Phi) is 6.53. The van der Waals surface area contributed by atoms with E-state index in [1.165, 1.54) is 24.3 Å². The zero-order chi connectivity index (χ0) is 23.1. The average molecular weight is 513 g/mol. The first-order valence-corrected chi connectivity index (χ1v) is 11.4. The number of hydrogen-bond donors (Lipinski definition) is 1. The van der Waals surface area contributed by atoms with Crippen molar-refractivity contribution in [1.29, 1.82) is 0 Å². The zero-order valence-electron chi connectivity index (χ0n) is 15.4. The summed E-state index contributed by atoms with van der Waals surface area (Å²) in [5, 5.41) is 7.70. The van der Waals surface area contributed by atoms with Crippen LogP contribution in [0.15, 0.2) is 47.4 Å². The number of benzene rings is 2. The van der Waals surface area contributed by atoms with Crippen LogP contribution in [-0.4, -0.2) is 48.1 Å². The molecule has 1 aliphatic rings. The Bertz CT molecular complexity index is 1160. The SMILES string of the molecule is O=C(O)[C@@H]1C[C@@H](S(=O)(=O)c2ccccc2Cl)CN1C(=O)C(F)(F)c1ccc(Cl)c(Cl)c1. The number of hydrogen-bond acceptors (Lipinski definition) is 4. The molecule has 1 heterocycles. The van der Waals surface area contributed by atoms with Gasteiger partial charge in [0.1, 0.15) is 6.04 Å². The minimum absolute atomic E-state index is 0.0100. The van der Waals surface area contributed by atoms with E-state index >= 15 is 0 Å². The first kappa shape index (κ1) is 23.7. The normalized spacial score (nSPS) is 19.5. The van der Waals surface area contributed by atoms with Crippen LogP contribution in [0.25, 0.3) is 0 Å². The molecule has 6 nitrogen and oxygen atoms in total. The number of likely N-dealkylation sites (tertiary alicyclic amines) is 1. The van der Waals surface area contributed by atoms with Crippen molar-refractivity contribution in [3.63, 3.8) is 0 Å². The van der Waals surface area contributed by atoms with E-state index in [2.05, 4.69) is 0 Å². The summed E-state index contributed by atoms with van der Waals surface area (Å²) in [5.41, 5.74) is -0.798. The van der Waals surface area contributed by atoms with Gasteiger partial charge in [0, 0.05) is 12.1 Å². The van der Waals surface area contributed by atoms with Gasteiger partial charge in [-0.3, -0.25) is 4.79 Å². The Hall–Kier alpha value is -1.94. The van der Waals surface area contributed by atoms with E-state index in [0.717, 1.165) is 18.2 Å². The highest BCUT2D eigenvalue weighted by molar-refractivity contribution is 7.92.